The van der Waals surface area contributed by atoms with Crippen molar-refractivity contribution >= 4 is 96.3 Å². The highest BCUT2D eigenvalue weighted by atomic mass is 32.1. The molecule has 10 amide bonds. The molecule has 26 nitrogen and oxygen atoms in total. The molecule has 0 aromatic heterocycles. The van der Waals surface area contributed by atoms with Crippen molar-refractivity contribution in [3.63, 3.8) is 0 Å². The van der Waals surface area contributed by atoms with Crippen LogP contribution in [0, 0.1) is 17.8 Å². The first-order valence-electron chi connectivity index (χ1n) is 25.4. The van der Waals surface area contributed by atoms with Crippen LogP contribution < -0.4 is 58.9 Å². The quantitative estimate of drug-likeness (QED) is 0.0508. The number of hydrogen-bond acceptors (Lipinski definition) is 16. The van der Waals surface area contributed by atoms with Gasteiger partial charge in [-0.05, 0) is 49.1 Å². The summed E-state index contributed by atoms with van der Waals surface area (Å²) in [5.41, 5.74) is 6.23. The number of carboxylic acids is 2. The van der Waals surface area contributed by atoms with Crippen LogP contribution in [0.5, 0.6) is 0 Å². The number of hydrogen-bond donors (Lipinski definition) is 16. The highest BCUT2D eigenvalue weighted by molar-refractivity contribution is 7.80. The van der Waals surface area contributed by atoms with Gasteiger partial charge in [-0.1, -0.05) is 84.7 Å². The lowest BCUT2D eigenvalue weighted by atomic mass is 9.95. The van der Waals surface area contributed by atoms with Crippen molar-refractivity contribution in [2.45, 2.75) is 153 Å². The van der Waals surface area contributed by atoms with E-state index in [9.17, 15) is 72.9 Å². The van der Waals surface area contributed by atoms with Crippen molar-refractivity contribution in [3.05, 3.63) is 35.9 Å². The standard InChI is InChI=1S/C49H77N11O15S2/c1-7-25(5)38-48(74)53-29(18-27-14-10-9-11-15-27)43(69)58-37(24(3)4)47(73)60-39(26(6)8-2)49(75)54-31(20-36(64)65)42(68)52-30(19-35(62)63)41(67)51-28(16-12-13-17-50)40(66)55-32(21-61)44(70)56-33(22-76)45(71)57-34(23-77)46(72)59-38/h9-11,14-15,24-26,28-34,37-39,61,76-77H,7-8,12-13,16-23,50H2,1-6H3,(H,51,67)(H,52,68)(H,53,74)(H,54,75)(H,55,66)(H,56,70)(H,57,71)(H,58,69)(H,59,72)(H,60,73)(H,62,63)(H,64,65)/t25-,26-,28-,29-,30-,31-,32-,33-,34-,37-,38-,39-/m0/s1. The van der Waals surface area contributed by atoms with Gasteiger partial charge in [-0.2, -0.15) is 25.3 Å². The zero-order valence-electron chi connectivity index (χ0n) is 44.1. The molecule has 0 saturated carbocycles. The van der Waals surface area contributed by atoms with Gasteiger partial charge in [0.25, 0.3) is 0 Å². The van der Waals surface area contributed by atoms with Gasteiger partial charge in [0.2, 0.25) is 59.1 Å². The van der Waals surface area contributed by atoms with Crippen LogP contribution in [-0.4, -0.2) is 171 Å². The maximum absolute atomic E-state index is 14.4. The number of carbonyl (C=O) groups is 12. The first-order valence-corrected chi connectivity index (χ1v) is 26.7. The molecule has 430 valence electrons. The monoisotopic (exact) mass is 1120 g/mol. The van der Waals surface area contributed by atoms with Crippen LogP contribution in [0.4, 0.5) is 0 Å². The largest absolute Gasteiger partial charge is 0.481 e. The van der Waals surface area contributed by atoms with Crippen LogP contribution in [-0.2, 0) is 64.0 Å². The van der Waals surface area contributed by atoms with E-state index < -0.39 is 174 Å². The molecule has 0 unspecified atom stereocenters. The van der Waals surface area contributed by atoms with Gasteiger partial charge in [0.15, 0.2) is 0 Å². The van der Waals surface area contributed by atoms with E-state index in [0.29, 0.717) is 18.4 Å². The minimum absolute atomic E-state index is 0.117. The molecule has 0 aliphatic carbocycles. The van der Waals surface area contributed by atoms with E-state index in [2.05, 4.69) is 78.4 Å². The minimum Gasteiger partial charge on any atom is -0.481 e. The van der Waals surface area contributed by atoms with Gasteiger partial charge in [-0.3, -0.25) is 57.5 Å². The van der Waals surface area contributed by atoms with Crippen LogP contribution in [0.3, 0.4) is 0 Å². The fraction of sp³-hybridized carbons (Fsp3) is 0.633. The molecule has 1 aliphatic heterocycles. The normalized spacial score (nSPS) is 26.4. The zero-order chi connectivity index (χ0) is 58.1. The average Bonchev–Trinajstić information content (AvgIpc) is 3.38. The van der Waals surface area contributed by atoms with Crippen molar-refractivity contribution in [2.75, 3.05) is 24.7 Å². The summed E-state index contributed by atoms with van der Waals surface area (Å²) < 4.78 is 0. The van der Waals surface area contributed by atoms with E-state index in [0.717, 1.165) is 0 Å². The first kappa shape index (κ1) is 66.6. The van der Waals surface area contributed by atoms with Crippen molar-refractivity contribution in [3.8, 4) is 0 Å². The smallest absolute Gasteiger partial charge is 0.305 e. The summed E-state index contributed by atoms with van der Waals surface area (Å²) in [5, 5.41) is 54.3. The number of rotatable bonds is 18. The fourth-order valence-corrected chi connectivity index (χ4v) is 8.26. The van der Waals surface area contributed by atoms with E-state index in [1.807, 2.05) is 0 Å². The molecule has 1 aromatic rings. The molecule has 1 fully saturated rings. The molecule has 0 bridgehead atoms. The Morgan fingerprint density at radius 1 is 0.494 bits per heavy atom. The van der Waals surface area contributed by atoms with Crippen LogP contribution in [0.1, 0.15) is 92.1 Å². The Morgan fingerprint density at radius 2 is 0.844 bits per heavy atom. The maximum Gasteiger partial charge on any atom is 0.305 e. The summed E-state index contributed by atoms with van der Waals surface area (Å²) in [5.74, 6) is -16.3. The summed E-state index contributed by atoms with van der Waals surface area (Å²) in [6, 6.07) is -7.47. The second kappa shape index (κ2) is 33.6. The van der Waals surface area contributed by atoms with Gasteiger partial charge in [0.1, 0.15) is 60.4 Å². The number of unbranched alkanes of at least 4 members (excludes halogenated alkanes) is 1. The SMILES string of the molecule is CC[C@H](C)[C@@H]1NC(=O)[C@H](CS)NC(=O)[C@H](CS)NC(=O)[C@H](CO)NC(=O)[C@H](CCCCN)NC(=O)[C@H](CC(=O)O)NC(=O)[C@H](CC(=O)O)NC(=O)[C@H]([C@@H](C)CC)NC(=O)[C@H](C(C)C)NC(=O)[C@H](Cc2ccccc2)NC1=O. The molecular formula is C49H77N11O15S2. The number of nitrogens with two attached hydrogens (primary N) is 1. The van der Waals surface area contributed by atoms with Crippen LogP contribution in [0.25, 0.3) is 0 Å². The number of aliphatic carboxylic acids is 2. The van der Waals surface area contributed by atoms with Crippen molar-refractivity contribution in [1.29, 1.82) is 0 Å². The third-order valence-corrected chi connectivity index (χ3v) is 13.5. The van der Waals surface area contributed by atoms with Crippen LogP contribution in [0.2, 0.25) is 0 Å². The lowest BCUT2D eigenvalue weighted by Gasteiger charge is -2.31. The summed E-state index contributed by atoms with van der Waals surface area (Å²) in [4.78, 5) is 164. The van der Waals surface area contributed by atoms with E-state index in [4.69, 9.17) is 5.73 Å². The summed E-state index contributed by atoms with van der Waals surface area (Å²) in [6.07, 6.45) is -1.50. The number of nitrogens with one attached hydrogen (secondary N) is 10. The molecule has 1 heterocycles. The second-order valence-electron chi connectivity index (χ2n) is 19.1. The van der Waals surface area contributed by atoms with Gasteiger partial charge < -0.3 is 74.2 Å². The van der Waals surface area contributed by atoms with Crippen molar-refractivity contribution < 1.29 is 72.9 Å². The molecule has 1 saturated heterocycles. The third kappa shape index (κ3) is 21.8. The number of aliphatic hydroxyl groups excluding tert-OH is 1. The van der Waals surface area contributed by atoms with Gasteiger partial charge in [0, 0.05) is 17.9 Å². The Balaban J connectivity index is 2.83. The molecule has 15 N–H and O–H groups in total. The number of carboxylic acid groups (broad SMARTS) is 2. The van der Waals surface area contributed by atoms with Gasteiger partial charge in [-0.15, -0.1) is 0 Å². The summed E-state index contributed by atoms with van der Waals surface area (Å²) in [7, 11) is 0. The van der Waals surface area contributed by atoms with E-state index >= 15 is 0 Å². The van der Waals surface area contributed by atoms with Crippen LogP contribution >= 0.6 is 25.3 Å². The number of benzene rings is 1. The number of aliphatic hydroxyl groups is 1. The molecule has 12 atom stereocenters. The summed E-state index contributed by atoms with van der Waals surface area (Å²) >= 11 is 8.41. The molecule has 0 spiro atoms. The second-order valence-corrected chi connectivity index (χ2v) is 19.9. The molecule has 77 heavy (non-hydrogen) atoms. The highest BCUT2D eigenvalue weighted by Crippen LogP contribution is 2.15. The highest BCUT2D eigenvalue weighted by Gasteiger charge is 2.39. The van der Waals surface area contributed by atoms with E-state index in [1.165, 1.54) is 0 Å². The Hall–Kier alpha value is -6.52. The molecule has 1 aromatic carbocycles. The molecule has 28 heteroatoms. The predicted molar refractivity (Wildman–Crippen MR) is 285 cm³/mol. The minimum atomic E-state index is -2.02. The average molecular weight is 1120 g/mol. The van der Waals surface area contributed by atoms with E-state index in [-0.39, 0.29) is 38.0 Å². The van der Waals surface area contributed by atoms with Gasteiger partial charge >= 0.3 is 11.9 Å². The number of thiol groups is 2. The molecule has 0 radical (unpaired) electrons. The first-order chi connectivity index (χ1) is 36.3. The maximum atomic E-state index is 14.4. The van der Waals surface area contributed by atoms with Crippen molar-refractivity contribution in [2.24, 2.45) is 23.5 Å². The van der Waals surface area contributed by atoms with Crippen molar-refractivity contribution in [1.82, 2.24) is 53.2 Å². The number of amides is 10. The topological polar surface area (TPSA) is 412 Å². The van der Waals surface area contributed by atoms with Gasteiger partial charge in [-0.25, -0.2) is 0 Å². The Labute approximate surface area is 458 Å². The molecular weight excluding hydrogens is 1050 g/mol. The number of carbonyl (C=O) groups excluding carboxylic acids is 10. The van der Waals surface area contributed by atoms with E-state index in [1.54, 1.807) is 71.9 Å². The Kier molecular flexibility index (Phi) is 29.1. The molecule has 1 aliphatic rings. The summed E-state index contributed by atoms with van der Waals surface area (Å²) in [6.45, 7) is 8.90. The fourth-order valence-electron chi connectivity index (χ4n) is 7.74. The predicted octanol–water partition coefficient (Wildman–Crippen LogP) is -3.23. The van der Waals surface area contributed by atoms with Crippen LogP contribution in [0.15, 0.2) is 30.3 Å². The third-order valence-electron chi connectivity index (χ3n) is 12.8. The zero-order valence-corrected chi connectivity index (χ0v) is 45.9. The molecule has 2 rings (SSSR count). The Morgan fingerprint density at radius 3 is 1.29 bits per heavy atom. The lowest BCUT2D eigenvalue weighted by molar-refractivity contribution is -0.144. The lowest BCUT2D eigenvalue weighted by Crippen LogP contribution is -2.63. The van der Waals surface area contributed by atoms with Gasteiger partial charge in [0.05, 0.1) is 19.4 Å². The Bertz CT molecular complexity index is 2230.